The van der Waals surface area contributed by atoms with Crippen LogP contribution in [0.5, 0.6) is 0 Å². The Balaban J connectivity index is 2.12. The minimum absolute atomic E-state index is 0.215. The van der Waals surface area contributed by atoms with Gasteiger partial charge in [0.25, 0.3) is 5.56 Å². The van der Waals surface area contributed by atoms with Crippen molar-refractivity contribution in [2.75, 3.05) is 5.73 Å². The van der Waals surface area contributed by atoms with Crippen LogP contribution in [0.4, 0.5) is 5.69 Å². The number of aromatic amines is 1. The topological polar surface area (TPSA) is 71.8 Å². The van der Waals surface area contributed by atoms with E-state index in [-0.39, 0.29) is 5.56 Å². The van der Waals surface area contributed by atoms with E-state index in [9.17, 15) is 4.79 Å². The molecule has 0 saturated heterocycles. The summed E-state index contributed by atoms with van der Waals surface area (Å²) in [5, 5.41) is 0.632. The minimum Gasteiger partial charge on any atom is -0.399 e. The van der Waals surface area contributed by atoms with Crippen molar-refractivity contribution in [2.24, 2.45) is 0 Å². The third-order valence-electron chi connectivity index (χ3n) is 3.04. The number of nitrogens with two attached hydrogens (primary N) is 1. The smallest absolute Gasteiger partial charge is 0.251 e. The van der Waals surface area contributed by atoms with Crippen LogP contribution in [0.2, 0.25) is 5.02 Å². The number of anilines is 1. The number of benzene rings is 2. The van der Waals surface area contributed by atoms with Gasteiger partial charge in [0.2, 0.25) is 0 Å². The fourth-order valence-corrected chi connectivity index (χ4v) is 2.17. The predicted molar refractivity (Wildman–Crippen MR) is 85.2 cm³/mol. The highest BCUT2D eigenvalue weighted by atomic mass is 35.5. The van der Waals surface area contributed by atoms with E-state index in [1.54, 1.807) is 24.3 Å². The molecule has 3 rings (SSSR count). The second-order valence-electron chi connectivity index (χ2n) is 4.61. The van der Waals surface area contributed by atoms with Gasteiger partial charge in [0.1, 0.15) is 5.82 Å². The van der Waals surface area contributed by atoms with E-state index < -0.39 is 0 Å². The molecular weight excluding hydrogens is 286 g/mol. The van der Waals surface area contributed by atoms with Crippen molar-refractivity contribution in [2.45, 2.75) is 0 Å². The molecule has 0 saturated carbocycles. The molecule has 0 atom stereocenters. The maximum Gasteiger partial charge on any atom is 0.251 e. The number of hydrogen-bond acceptors (Lipinski definition) is 3. The van der Waals surface area contributed by atoms with E-state index in [4.69, 9.17) is 17.3 Å². The average molecular weight is 298 g/mol. The highest BCUT2D eigenvalue weighted by molar-refractivity contribution is 6.30. The van der Waals surface area contributed by atoms with Crippen LogP contribution in [0.3, 0.4) is 0 Å². The van der Waals surface area contributed by atoms with Crippen LogP contribution in [0.25, 0.3) is 22.6 Å². The first kappa shape index (κ1) is 13.4. The van der Waals surface area contributed by atoms with Crippen LogP contribution >= 0.6 is 11.6 Å². The Kier molecular flexibility index (Phi) is 3.46. The van der Waals surface area contributed by atoms with Gasteiger partial charge in [0.15, 0.2) is 0 Å². The summed E-state index contributed by atoms with van der Waals surface area (Å²) in [6, 6.07) is 15.8. The Labute approximate surface area is 126 Å². The molecule has 0 spiro atoms. The highest BCUT2D eigenvalue weighted by Gasteiger charge is 2.06. The summed E-state index contributed by atoms with van der Waals surface area (Å²) in [5.41, 5.74) is 8.36. The Morgan fingerprint density at radius 2 is 1.76 bits per heavy atom. The van der Waals surface area contributed by atoms with Gasteiger partial charge < -0.3 is 10.7 Å². The largest absolute Gasteiger partial charge is 0.399 e. The zero-order valence-corrected chi connectivity index (χ0v) is 11.8. The van der Waals surface area contributed by atoms with E-state index in [0.29, 0.717) is 22.2 Å². The Morgan fingerprint density at radius 3 is 2.48 bits per heavy atom. The van der Waals surface area contributed by atoms with E-state index in [1.807, 2.05) is 24.3 Å². The van der Waals surface area contributed by atoms with Gasteiger partial charge in [-0.25, -0.2) is 4.98 Å². The monoisotopic (exact) mass is 297 g/mol. The molecule has 1 aromatic heterocycles. The van der Waals surface area contributed by atoms with Crippen molar-refractivity contribution < 1.29 is 0 Å². The first-order valence-corrected chi connectivity index (χ1v) is 6.73. The number of aromatic nitrogens is 2. The van der Waals surface area contributed by atoms with Gasteiger partial charge in [-0.15, -0.1) is 0 Å². The standard InChI is InChI=1S/C16H12ClN3O/c17-12-6-4-10(5-7-12)16-19-14(9-15(21)20-16)11-2-1-3-13(18)8-11/h1-9H,18H2,(H,19,20,21). The van der Waals surface area contributed by atoms with Gasteiger partial charge in [0, 0.05) is 27.9 Å². The normalized spacial score (nSPS) is 10.5. The Morgan fingerprint density at radius 1 is 1.00 bits per heavy atom. The molecule has 4 nitrogen and oxygen atoms in total. The summed E-state index contributed by atoms with van der Waals surface area (Å²) in [6.07, 6.45) is 0. The van der Waals surface area contributed by atoms with Crippen molar-refractivity contribution in [1.82, 2.24) is 9.97 Å². The molecule has 0 bridgehead atoms. The number of rotatable bonds is 2. The maximum atomic E-state index is 11.9. The summed E-state index contributed by atoms with van der Waals surface area (Å²) in [4.78, 5) is 19.1. The number of nitrogens with one attached hydrogen (secondary N) is 1. The number of H-pyrrole nitrogens is 1. The molecule has 2 aromatic carbocycles. The second kappa shape index (κ2) is 5.42. The van der Waals surface area contributed by atoms with E-state index >= 15 is 0 Å². The molecule has 104 valence electrons. The molecule has 0 aliphatic rings. The number of halogens is 1. The lowest BCUT2D eigenvalue weighted by molar-refractivity contribution is 1.13. The summed E-state index contributed by atoms with van der Waals surface area (Å²) in [5.74, 6) is 0.497. The van der Waals surface area contributed by atoms with Crippen LogP contribution in [-0.4, -0.2) is 9.97 Å². The van der Waals surface area contributed by atoms with Crippen molar-refractivity contribution in [3.05, 3.63) is 70.0 Å². The van der Waals surface area contributed by atoms with Crippen LogP contribution in [0.15, 0.2) is 59.4 Å². The van der Waals surface area contributed by atoms with Crippen molar-refractivity contribution in [3.63, 3.8) is 0 Å². The van der Waals surface area contributed by atoms with Crippen LogP contribution in [0, 0.1) is 0 Å². The van der Waals surface area contributed by atoms with Crippen LogP contribution < -0.4 is 11.3 Å². The zero-order chi connectivity index (χ0) is 14.8. The first-order valence-electron chi connectivity index (χ1n) is 6.35. The highest BCUT2D eigenvalue weighted by Crippen LogP contribution is 2.22. The van der Waals surface area contributed by atoms with E-state index in [1.165, 1.54) is 6.07 Å². The molecule has 0 fully saturated rings. The Bertz CT molecular complexity index is 841. The lowest BCUT2D eigenvalue weighted by Crippen LogP contribution is -2.08. The molecule has 3 aromatic rings. The zero-order valence-electron chi connectivity index (χ0n) is 11.0. The van der Waals surface area contributed by atoms with E-state index in [0.717, 1.165) is 11.1 Å². The van der Waals surface area contributed by atoms with E-state index in [2.05, 4.69) is 9.97 Å². The minimum atomic E-state index is -0.215. The van der Waals surface area contributed by atoms with Crippen molar-refractivity contribution >= 4 is 17.3 Å². The fraction of sp³-hybridized carbons (Fsp3) is 0. The molecule has 0 amide bonds. The molecule has 0 radical (unpaired) electrons. The number of nitrogen functional groups attached to an aromatic ring is 1. The first-order chi connectivity index (χ1) is 10.1. The summed E-state index contributed by atoms with van der Waals surface area (Å²) in [6.45, 7) is 0. The summed E-state index contributed by atoms with van der Waals surface area (Å²) >= 11 is 5.87. The predicted octanol–water partition coefficient (Wildman–Crippen LogP) is 3.34. The van der Waals surface area contributed by atoms with Gasteiger partial charge in [-0.2, -0.15) is 0 Å². The van der Waals surface area contributed by atoms with Gasteiger partial charge >= 0.3 is 0 Å². The van der Waals surface area contributed by atoms with Gasteiger partial charge in [0.05, 0.1) is 5.69 Å². The van der Waals surface area contributed by atoms with Crippen molar-refractivity contribution in [3.8, 4) is 22.6 Å². The second-order valence-corrected chi connectivity index (χ2v) is 5.05. The molecule has 0 aliphatic carbocycles. The van der Waals surface area contributed by atoms with Gasteiger partial charge in [-0.3, -0.25) is 4.79 Å². The number of hydrogen-bond donors (Lipinski definition) is 2. The van der Waals surface area contributed by atoms with Gasteiger partial charge in [-0.05, 0) is 36.4 Å². The molecule has 3 N–H and O–H groups in total. The molecule has 21 heavy (non-hydrogen) atoms. The molecule has 1 heterocycles. The van der Waals surface area contributed by atoms with Gasteiger partial charge in [-0.1, -0.05) is 23.7 Å². The third kappa shape index (κ3) is 2.95. The van der Waals surface area contributed by atoms with Crippen LogP contribution in [0.1, 0.15) is 0 Å². The molecule has 0 unspecified atom stereocenters. The molecule has 0 aliphatic heterocycles. The van der Waals surface area contributed by atoms with Crippen molar-refractivity contribution in [1.29, 1.82) is 0 Å². The maximum absolute atomic E-state index is 11.9. The SMILES string of the molecule is Nc1cccc(-c2cc(=O)[nH]c(-c3ccc(Cl)cc3)n2)c1. The lowest BCUT2D eigenvalue weighted by atomic mass is 10.1. The fourth-order valence-electron chi connectivity index (χ4n) is 2.05. The Hall–Kier alpha value is -2.59. The van der Waals surface area contributed by atoms with Crippen LogP contribution in [-0.2, 0) is 0 Å². The molecule has 5 heteroatoms. The summed E-state index contributed by atoms with van der Waals surface area (Å²) in [7, 11) is 0. The summed E-state index contributed by atoms with van der Waals surface area (Å²) < 4.78 is 0. The average Bonchev–Trinajstić information content (AvgIpc) is 2.47. The molecular formula is C16H12ClN3O. The number of nitrogens with zero attached hydrogens (tertiary/aromatic N) is 1. The quantitative estimate of drug-likeness (QED) is 0.713. The lowest BCUT2D eigenvalue weighted by Gasteiger charge is -2.05. The third-order valence-corrected chi connectivity index (χ3v) is 3.29.